The van der Waals surface area contributed by atoms with Crippen LogP contribution in [0.25, 0.3) is 10.2 Å². The SMILES string of the molecule is Cc1cc(Oc2ccccc2)ccc1N1C(=O)Nc2c(C(=O)NC3CNC(=O)C3)sc3nccc1c23. The van der Waals surface area contributed by atoms with Crippen LogP contribution in [0.3, 0.4) is 0 Å². The standard InChI is InChI=1S/C26H21N5O4S/c1-14-11-17(35-16-5-3-2-4-6-16)7-8-18(14)31-19-9-10-27-25-21(19)22(30-26(31)34)23(36-25)24(33)29-15-12-20(32)28-13-15/h2-11,15H,12-13H2,1H3,(H,28,32)(H,29,33)(H,30,34). The molecule has 3 N–H and O–H groups in total. The normalized spacial score (nSPS) is 16.6. The number of aryl methyl sites for hydroxylation is 1. The lowest BCUT2D eigenvalue weighted by atomic mass is 10.1. The molecule has 180 valence electrons. The third-order valence-electron chi connectivity index (χ3n) is 6.15. The number of urea groups is 1. The first-order valence-electron chi connectivity index (χ1n) is 11.4. The van der Waals surface area contributed by atoms with Crippen LogP contribution in [-0.4, -0.2) is 35.4 Å². The van der Waals surface area contributed by atoms with Gasteiger partial charge >= 0.3 is 6.03 Å². The summed E-state index contributed by atoms with van der Waals surface area (Å²) in [5, 5.41) is 9.19. The molecule has 4 aromatic rings. The lowest BCUT2D eigenvalue weighted by Gasteiger charge is -2.29. The van der Waals surface area contributed by atoms with Gasteiger partial charge in [-0.25, -0.2) is 9.78 Å². The van der Waals surface area contributed by atoms with Crippen molar-refractivity contribution < 1.29 is 19.1 Å². The maximum Gasteiger partial charge on any atom is 0.331 e. The number of pyridine rings is 1. The van der Waals surface area contributed by atoms with Crippen molar-refractivity contribution in [1.82, 2.24) is 15.6 Å². The van der Waals surface area contributed by atoms with Crippen molar-refractivity contribution in [2.45, 2.75) is 19.4 Å². The third kappa shape index (κ3) is 3.81. The van der Waals surface area contributed by atoms with Crippen LogP contribution in [0.5, 0.6) is 11.5 Å². The van der Waals surface area contributed by atoms with Crippen molar-refractivity contribution >= 4 is 56.5 Å². The van der Waals surface area contributed by atoms with Gasteiger partial charge in [-0.05, 0) is 48.9 Å². The summed E-state index contributed by atoms with van der Waals surface area (Å²) in [5.74, 6) is 0.951. The van der Waals surface area contributed by atoms with Gasteiger partial charge in [-0.2, -0.15) is 0 Å². The van der Waals surface area contributed by atoms with Gasteiger partial charge in [-0.1, -0.05) is 18.2 Å². The zero-order chi connectivity index (χ0) is 24.8. The second kappa shape index (κ2) is 8.65. The summed E-state index contributed by atoms with van der Waals surface area (Å²) in [5.41, 5.74) is 2.62. The Kier molecular flexibility index (Phi) is 5.30. The molecule has 2 aromatic heterocycles. The van der Waals surface area contributed by atoms with Crippen molar-refractivity contribution in [2.75, 3.05) is 16.8 Å². The average molecular weight is 500 g/mol. The van der Waals surface area contributed by atoms with Gasteiger partial charge in [-0.3, -0.25) is 14.5 Å². The Morgan fingerprint density at radius 3 is 2.69 bits per heavy atom. The number of amides is 4. The van der Waals surface area contributed by atoms with E-state index in [-0.39, 0.29) is 30.3 Å². The number of hydrogen-bond donors (Lipinski definition) is 3. The van der Waals surface area contributed by atoms with Crippen molar-refractivity contribution in [3.8, 4) is 11.5 Å². The quantitative estimate of drug-likeness (QED) is 0.369. The van der Waals surface area contributed by atoms with E-state index < -0.39 is 0 Å². The monoisotopic (exact) mass is 499 g/mol. The first-order valence-corrected chi connectivity index (χ1v) is 12.2. The topological polar surface area (TPSA) is 113 Å². The smallest absolute Gasteiger partial charge is 0.331 e. The van der Waals surface area contributed by atoms with Crippen molar-refractivity contribution in [2.24, 2.45) is 0 Å². The summed E-state index contributed by atoms with van der Waals surface area (Å²) >= 11 is 1.21. The molecule has 0 saturated carbocycles. The first kappa shape index (κ1) is 22.1. The summed E-state index contributed by atoms with van der Waals surface area (Å²) in [7, 11) is 0. The van der Waals surface area contributed by atoms with E-state index in [4.69, 9.17) is 4.74 Å². The van der Waals surface area contributed by atoms with Gasteiger partial charge in [-0.15, -0.1) is 11.3 Å². The predicted molar refractivity (Wildman–Crippen MR) is 137 cm³/mol. The highest BCUT2D eigenvalue weighted by Gasteiger charge is 2.34. The number of para-hydroxylation sites is 1. The number of benzene rings is 2. The Balaban J connectivity index is 1.35. The molecule has 1 fully saturated rings. The summed E-state index contributed by atoms with van der Waals surface area (Å²) in [6, 6.07) is 16.1. The molecule has 4 amide bonds. The molecule has 2 aliphatic rings. The van der Waals surface area contributed by atoms with Crippen LogP contribution >= 0.6 is 11.3 Å². The van der Waals surface area contributed by atoms with Crippen LogP contribution < -0.4 is 25.6 Å². The molecule has 9 nitrogen and oxygen atoms in total. The first-order chi connectivity index (χ1) is 17.5. The van der Waals surface area contributed by atoms with Crippen molar-refractivity contribution in [3.63, 3.8) is 0 Å². The number of nitrogens with zero attached hydrogens (tertiary/aromatic N) is 2. The van der Waals surface area contributed by atoms with Gasteiger partial charge in [0, 0.05) is 19.2 Å². The summed E-state index contributed by atoms with van der Waals surface area (Å²) < 4.78 is 5.94. The minimum atomic E-state index is -0.375. The van der Waals surface area contributed by atoms with Gasteiger partial charge in [0.1, 0.15) is 21.2 Å². The van der Waals surface area contributed by atoms with Crippen LogP contribution in [0.4, 0.5) is 21.9 Å². The lowest BCUT2D eigenvalue weighted by Crippen LogP contribution is -2.37. The highest BCUT2D eigenvalue weighted by atomic mass is 32.1. The Bertz CT molecular complexity index is 1530. The van der Waals surface area contributed by atoms with Crippen LogP contribution in [0.1, 0.15) is 21.7 Å². The lowest BCUT2D eigenvalue weighted by molar-refractivity contribution is -0.119. The zero-order valence-corrected chi connectivity index (χ0v) is 20.0. The molecule has 36 heavy (non-hydrogen) atoms. The molecule has 1 atom stereocenters. The maximum absolute atomic E-state index is 13.4. The molecule has 2 aliphatic heterocycles. The van der Waals surface area contributed by atoms with E-state index in [2.05, 4.69) is 20.9 Å². The van der Waals surface area contributed by atoms with Gasteiger partial charge in [0.2, 0.25) is 5.91 Å². The second-order valence-corrected chi connectivity index (χ2v) is 9.62. The van der Waals surface area contributed by atoms with Crippen LogP contribution in [0, 0.1) is 6.92 Å². The average Bonchev–Trinajstić information content (AvgIpc) is 3.44. The van der Waals surface area contributed by atoms with Crippen LogP contribution in [-0.2, 0) is 4.79 Å². The van der Waals surface area contributed by atoms with Crippen LogP contribution in [0.2, 0.25) is 0 Å². The molecular formula is C26H21N5O4S. The Morgan fingerprint density at radius 2 is 1.94 bits per heavy atom. The number of thiophene rings is 1. The fraction of sp³-hybridized carbons (Fsp3) is 0.154. The van der Waals surface area contributed by atoms with E-state index in [1.807, 2.05) is 55.5 Å². The molecule has 2 aromatic carbocycles. The van der Waals surface area contributed by atoms with E-state index in [0.29, 0.717) is 44.5 Å². The Hall–Kier alpha value is -4.44. The van der Waals surface area contributed by atoms with E-state index in [1.54, 1.807) is 17.2 Å². The molecule has 0 bridgehead atoms. The van der Waals surface area contributed by atoms with E-state index in [1.165, 1.54) is 11.3 Å². The summed E-state index contributed by atoms with van der Waals surface area (Å²) in [6.45, 7) is 2.30. The summed E-state index contributed by atoms with van der Waals surface area (Å²) in [4.78, 5) is 44.9. The van der Waals surface area contributed by atoms with E-state index in [0.717, 1.165) is 11.3 Å². The number of carbonyl (C=O) groups excluding carboxylic acids is 3. The molecule has 1 saturated heterocycles. The predicted octanol–water partition coefficient (Wildman–Crippen LogP) is 4.70. The van der Waals surface area contributed by atoms with Gasteiger partial charge < -0.3 is 20.7 Å². The third-order valence-corrected chi connectivity index (χ3v) is 7.25. The summed E-state index contributed by atoms with van der Waals surface area (Å²) in [6.07, 6.45) is 1.87. The van der Waals surface area contributed by atoms with Crippen molar-refractivity contribution in [3.05, 3.63) is 71.2 Å². The minimum absolute atomic E-state index is 0.0959. The number of rotatable bonds is 5. The van der Waals surface area contributed by atoms with Crippen LogP contribution in [0.15, 0.2) is 60.8 Å². The number of ether oxygens (including phenoxy) is 1. The van der Waals surface area contributed by atoms with Crippen molar-refractivity contribution in [1.29, 1.82) is 0 Å². The zero-order valence-electron chi connectivity index (χ0n) is 19.2. The van der Waals surface area contributed by atoms with E-state index in [9.17, 15) is 14.4 Å². The van der Waals surface area contributed by atoms with E-state index >= 15 is 0 Å². The highest BCUT2D eigenvalue weighted by Crippen LogP contribution is 2.46. The fourth-order valence-electron chi connectivity index (χ4n) is 4.51. The minimum Gasteiger partial charge on any atom is -0.457 e. The maximum atomic E-state index is 13.4. The molecule has 0 radical (unpaired) electrons. The Morgan fingerprint density at radius 1 is 1.11 bits per heavy atom. The molecule has 6 rings (SSSR count). The molecule has 0 spiro atoms. The number of hydrogen-bond acceptors (Lipinski definition) is 6. The van der Waals surface area contributed by atoms with Gasteiger partial charge in [0.05, 0.1) is 28.5 Å². The number of anilines is 3. The molecule has 0 aliphatic carbocycles. The number of nitrogens with one attached hydrogen (secondary N) is 3. The second-order valence-electron chi connectivity index (χ2n) is 8.62. The largest absolute Gasteiger partial charge is 0.457 e. The van der Waals surface area contributed by atoms with Gasteiger partial charge in [0.15, 0.2) is 0 Å². The molecular weight excluding hydrogens is 478 g/mol. The number of aromatic nitrogens is 1. The highest BCUT2D eigenvalue weighted by molar-refractivity contribution is 7.21. The van der Waals surface area contributed by atoms with Gasteiger partial charge in [0.25, 0.3) is 5.91 Å². The fourth-order valence-corrected chi connectivity index (χ4v) is 5.53. The number of carbonyl (C=O) groups is 3. The molecule has 10 heteroatoms. The molecule has 1 unspecified atom stereocenters. The molecule has 4 heterocycles. The Labute approximate surface area is 210 Å².